The van der Waals surface area contributed by atoms with Gasteiger partial charge in [-0.15, -0.1) is 11.3 Å². The van der Waals surface area contributed by atoms with Gasteiger partial charge in [0.25, 0.3) is 0 Å². The van der Waals surface area contributed by atoms with E-state index in [1.165, 1.54) is 23.3 Å². The minimum Gasteiger partial charge on any atom is -0.312 e. The fourth-order valence-corrected chi connectivity index (χ4v) is 4.56. The lowest BCUT2D eigenvalue weighted by atomic mass is 9.97. The van der Waals surface area contributed by atoms with Gasteiger partial charge in [0, 0.05) is 9.90 Å². The van der Waals surface area contributed by atoms with Crippen LogP contribution >= 0.6 is 22.9 Å². The Morgan fingerprint density at radius 2 is 2.05 bits per heavy atom. The van der Waals surface area contributed by atoms with Gasteiger partial charge >= 0.3 is 0 Å². The van der Waals surface area contributed by atoms with Crippen LogP contribution < -0.4 is 5.49 Å². The SMILES string of the molecule is N=c1c2c3c(sc2ncn1Cc1ccccc1Cl)CCCC3. The van der Waals surface area contributed by atoms with Gasteiger partial charge in [0.2, 0.25) is 0 Å². The molecule has 2 aromatic heterocycles. The lowest BCUT2D eigenvalue weighted by molar-refractivity contribution is 0.694. The zero-order chi connectivity index (χ0) is 15.1. The zero-order valence-electron chi connectivity index (χ0n) is 12.1. The Balaban J connectivity index is 1.84. The Kier molecular flexibility index (Phi) is 3.51. The second-order valence-corrected chi connectivity index (χ2v) is 7.19. The maximum Gasteiger partial charge on any atom is 0.136 e. The number of hydrogen-bond acceptors (Lipinski definition) is 3. The highest BCUT2D eigenvalue weighted by atomic mass is 35.5. The van der Waals surface area contributed by atoms with Crippen molar-refractivity contribution in [3.63, 3.8) is 0 Å². The summed E-state index contributed by atoms with van der Waals surface area (Å²) in [5.74, 6) is 0. The fourth-order valence-electron chi connectivity index (χ4n) is 3.14. The van der Waals surface area contributed by atoms with Crippen molar-refractivity contribution in [2.24, 2.45) is 0 Å². The Hall–Kier alpha value is -1.65. The molecule has 0 saturated carbocycles. The van der Waals surface area contributed by atoms with Crippen LogP contribution in [0.15, 0.2) is 30.6 Å². The molecule has 3 aromatic rings. The van der Waals surface area contributed by atoms with E-state index >= 15 is 0 Å². The van der Waals surface area contributed by atoms with Crippen LogP contribution in [0, 0.1) is 5.41 Å². The smallest absolute Gasteiger partial charge is 0.136 e. The molecule has 0 aliphatic heterocycles. The quantitative estimate of drug-likeness (QED) is 0.753. The van der Waals surface area contributed by atoms with E-state index in [0.717, 1.165) is 33.6 Å². The molecule has 3 nitrogen and oxygen atoms in total. The van der Waals surface area contributed by atoms with Crippen molar-refractivity contribution in [2.45, 2.75) is 32.2 Å². The summed E-state index contributed by atoms with van der Waals surface area (Å²) in [4.78, 5) is 7.03. The van der Waals surface area contributed by atoms with E-state index < -0.39 is 0 Å². The molecule has 112 valence electrons. The molecular weight excluding hydrogens is 314 g/mol. The van der Waals surface area contributed by atoms with Gasteiger partial charge in [0.1, 0.15) is 10.3 Å². The molecule has 0 bridgehead atoms. The minimum absolute atomic E-state index is 0.560. The molecule has 0 atom stereocenters. The van der Waals surface area contributed by atoms with Crippen molar-refractivity contribution in [1.29, 1.82) is 5.41 Å². The molecule has 2 heterocycles. The Bertz CT molecular complexity index is 910. The highest BCUT2D eigenvalue weighted by Crippen LogP contribution is 2.33. The third-order valence-electron chi connectivity index (χ3n) is 4.29. The van der Waals surface area contributed by atoms with Crippen LogP contribution in [0.5, 0.6) is 0 Å². The van der Waals surface area contributed by atoms with Crippen molar-refractivity contribution in [1.82, 2.24) is 9.55 Å². The fraction of sp³-hybridized carbons (Fsp3) is 0.294. The Morgan fingerprint density at radius 3 is 2.91 bits per heavy atom. The number of aromatic nitrogens is 2. The van der Waals surface area contributed by atoms with Crippen LogP contribution in [0.2, 0.25) is 5.02 Å². The topological polar surface area (TPSA) is 41.7 Å². The van der Waals surface area contributed by atoms with Crippen LogP contribution in [-0.2, 0) is 19.4 Å². The van der Waals surface area contributed by atoms with E-state index in [9.17, 15) is 0 Å². The van der Waals surface area contributed by atoms with Gasteiger partial charge in [-0.25, -0.2) is 4.98 Å². The maximum atomic E-state index is 8.60. The van der Waals surface area contributed by atoms with Gasteiger partial charge in [-0.3, -0.25) is 5.41 Å². The number of nitrogens with one attached hydrogen (secondary N) is 1. The molecule has 0 saturated heterocycles. The number of thiophene rings is 1. The number of halogens is 1. The maximum absolute atomic E-state index is 8.60. The molecule has 1 aliphatic rings. The largest absolute Gasteiger partial charge is 0.312 e. The molecule has 1 N–H and O–H groups in total. The lowest BCUT2D eigenvalue weighted by Crippen LogP contribution is -2.22. The van der Waals surface area contributed by atoms with Gasteiger partial charge in [0.05, 0.1) is 18.3 Å². The first-order chi connectivity index (χ1) is 10.7. The lowest BCUT2D eigenvalue weighted by Gasteiger charge is -2.12. The summed E-state index contributed by atoms with van der Waals surface area (Å²) >= 11 is 8.01. The molecule has 0 fully saturated rings. The van der Waals surface area contributed by atoms with E-state index in [-0.39, 0.29) is 0 Å². The predicted octanol–water partition coefficient (Wildman–Crippen LogP) is 4.16. The van der Waals surface area contributed by atoms with E-state index in [1.54, 1.807) is 17.7 Å². The molecule has 5 heteroatoms. The summed E-state index contributed by atoms with van der Waals surface area (Å²) in [7, 11) is 0. The minimum atomic E-state index is 0.560. The molecular formula is C17H16ClN3S. The van der Waals surface area contributed by atoms with Crippen LogP contribution in [0.25, 0.3) is 10.2 Å². The molecule has 0 spiro atoms. The molecule has 0 radical (unpaired) electrons. The van der Waals surface area contributed by atoms with Gasteiger partial charge < -0.3 is 4.57 Å². The van der Waals surface area contributed by atoms with Gasteiger partial charge in [0.15, 0.2) is 0 Å². The number of nitrogens with zero attached hydrogens (tertiary/aromatic N) is 2. The summed E-state index contributed by atoms with van der Waals surface area (Å²) < 4.78 is 1.89. The average molecular weight is 330 g/mol. The first kappa shape index (κ1) is 14.0. The normalized spacial score (nSPS) is 14.2. The van der Waals surface area contributed by atoms with Crippen LogP contribution in [0.3, 0.4) is 0 Å². The number of fused-ring (bicyclic) bond motifs is 3. The van der Waals surface area contributed by atoms with E-state index in [2.05, 4.69) is 4.98 Å². The van der Waals surface area contributed by atoms with Gasteiger partial charge in [-0.2, -0.15) is 0 Å². The second-order valence-electron chi connectivity index (χ2n) is 5.70. The molecule has 0 unspecified atom stereocenters. The molecule has 1 aromatic carbocycles. The van der Waals surface area contributed by atoms with Crippen molar-refractivity contribution >= 4 is 33.2 Å². The summed E-state index contributed by atoms with van der Waals surface area (Å²) in [5.41, 5.74) is 2.94. The van der Waals surface area contributed by atoms with E-state index in [0.29, 0.717) is 12.0 Å². The Morgan fingerprint density at radius 1 is 1.23 bits per heavy atom. The molecule has 4 rings (SSSR count). The van der Waals surface area contributed by atoms with E-state index in [1.807, 2.05) is 28.8 Å². The summed E-state index contributed by atoms with van der Waals surface area (Å²) in [6.07, 6.45) is 6.47. The van der Waals surface area contributed by atoms with Gasteiger partial charge in [-0.1, -0.05) is 29.8 Å². The number of benzene rings is 1. The van der Waals surface area contributed by atoms with E-state index in [4.69, 9.17) is 17.0 Å². The van der Waals surface area contributed by atoms with Crippen LogP contribution in [0.4, 0.5) is 0 Å². The number of aryl methyl sites for hydroxylation is 2. The van der Waals surface area contributed by atoms with Crippen molar-refractivity contribution < 1.29 is 0 Å². The van der Waals surface area contributed by atoms with Crippen LogP contribution in [0.1, 0.15) is 28.8 Å². The standard InChI is InChI=1S/C17H16ClN3S/c18-13-7-3-1-5-11(13)9-21-10-20-17-15(16(21)19)12-6-2-4-8-14(12)22-17/h1,3,5,7,10,19H,2,4,6,8-9H2. The first-order valence-corrected chi connectivity index (χ1v) is 8.71. The molecule has 0 amide bonds. The molecule has 1 aliphatic carbocycles. The van der Waals surface area contributed by atoms with Crippen LogP contribution in [-0.4, -0.2) is 9.55 Å². The number of hydrogen-bond donors (Lipinski definition) is 1. The highest BCUT2D eigenvalue weighted by molar-refractivity contribution is 7.18. The predicted molar refractivity (Wildman–Crippen MR) is 90.7 cm³/mol. The third-order valence-corrected chi connectivity index (χ3v) is 5.86. The monoisotopic (exact) mass is 329 g/mol. The van der Waals surface area contributed by atoms with Crippen molar-refractivity contribution in [2.75, 3.05) is 0 Å². The molecule has 22 heavy (non-hydrogen) atoms. The summed E-state index contributed by atoms with van der Waals surface area (Å²) in [5, 5.41) is 10.4. The Labute approximate surface area is 137 Å². The average Bonchev–Trinajstić information content (AvgIpc) is 2.91. The van der Waals surface area contributed by atoms with Crippen molar-refractivity contribution in [3.05, 3.63) is 57.1 Å². The highest BCUT2D eigenvalue weighted by Gasteiger charge is 2.18. The first-order valence-electron chi connectivity index (χ1n) is 7.52. The summed E-state index contributed by atoms with van der Waals surface area (Å²) in [6, 6.07) is 7.79. The number of rotatable bonds is 2. The summed E-state index contributed by atoms with van der Waals surface area (Å²) in [6.45, 7) is 0.589. The van der Waals surface area contributed by atoms with Crippen molar-refractivity contribution in [3.8, 4) is 0 Å². The third kappa shape index (κ3) is 2.27. The van der Waals surface area contributed by atoms with Gasteiger partial charge in [-0.05, 0) is 42.9 Å². The zero-order valence-corrected chi connectivity index (χ0v) is 13.7. The second kappa shape index (κ2) is 5.52.